The lowest BCUT2D eigenvalue weighted by atomic mass is 9.84. The average molecular weight is 308 g/mol. The molecule has 0 radical (unpaired) electrons. The first kappa shape index (κ1) is 15.3. The molecule has 4 atom stereocenters. The van der Waals surface area contributed by atoms with Gasteiger partial charge in [-0.2, -0.15) is 0 Å². The molecule has 2 aliphatic heterocycles. The molecule has 3 fully saturated rings. The second kappa shape index (κ2) is 5.89. The Morgan fingerprint density at radius 1 is 1.32 bits per heavy atom. The van der Waals surface area contributed by atoms with Crippen molar-refractivity contribution >= 4 is 17.8 Å². The number of carboxylic acids is 1. The van der Waals surface area contributed by atoms with Gasteiger partial charge < -0.3 is 14.9 Å². The van der Waals surface area contributed by atoms with Crippen LogP contribution < -0.4 is 0 Å². The Bertz CT molecular complexity index is 493. The van der Waals surface area contributed by atoms with Gasteiger partial charge in [0.1, 0.15) is 6.04 Å². The molecule has 6 nitrogen and oxygen atoms in total. The van der Waals surface area contributed by atoms with Gasteiger partial charge in [0, 0.05) is 6.04 Å². The lowest BCUT2D eigenvalue weighted by molar-refractivity contribution is -0.144. The van der Waals surface area contributed by atoms with E-state index in [-0.39, 0.29) is 30.4 Å². The van der Waals surface area contributed by atoms with Crippen molar-refractivity contribution in [2.24, 2.45) is 5.92 Å². The number of fused-ring (bicyclic) bond motifs is 3. The van der Waals surface area contributed by atoms with Crippen molar-refractivity contribution in [2.75, 3.05) is 6.54 Å². The van der Waals surface area contributed by atoms with Crippen LogP contribution in [0.2, 0.25) is 0 Å². The number of hydrogen-bond donors (Lipinski definition) is 1. The number of ketones is 1. The number of carbonyl (C=O) groups excluding carboxylic acids is 2. The predicted molar refractivity (Wildman–Crippen MR) is 79.4 cm³/mol. The van der Waals surface area contributed by atoms with E-state index in [9.17, 15) is 19.5 Å². The third-order valence-electron chi connectivity index (χ3n) is 5.48. The lowest BCUT2D eigenvalue weighted by Crippen LogP contribution is -2.63. The molecule has 3 rings (SSSR count). The summed E-state index contributed by atoms with van der Waals surface area (Å²) in [5.74, 6) is -0.585. The number of nitrogens with zero attached hydrogens (tertiary/aromatic N) is 2. The number of urea groups is 1. The highest BCUT2D eigenvalue weighted by Gasteiger charge is 2.52. The molecule has 122 valence electrons. The van der Waals surface area contributed by atoms with Crippen LogP contribution in [-0.4, -0.2) is 57.4 Å². The molecule has 22 heavy (non-hydrogen) atoms. The molecule has 0 aromatic rings. The van der Waals surface area contributed by atoms with Gasteiger partial charge in [0.25, 0.3) is 0 Å². The van der Waals surface area contributed by atoms with Gasteiger partial charge in [-0.1, -0.05) is 26.2 Å². The Morgan fingerprint density at radius 2 is 2.05 bits per heavy atom. The van der Waals surface area contributed by atoms with E-state index in [0.29, 0.717) is 18.8 Å². The highest BCUT2D eigenvalue weighted by Crippen LogP contribution is 2.42. The van der Waals surface area contributed by atoms with Crippen molar-refractivity contribution in [1.29, 1.82) is 0 Å². The minimum absolute atomic E-state index is 0.0105. The minimum Gasteiger partial charge on any atom is -0.480 e. The van der Waals surface area contributed by atoms with E-state index < -0.39 is 12.0 Å². The molecule has 2 heterocycles. The summed E-state index contributed by atoms with van der Waals surface area (Å²) >= 11 is 0. The first-order valence-corrected chi connectivity index (χ1v) is 8.39. The molecule has 0 aromatic carbocycles. The van der Waals surface area contributed by atoms with Crippen molar-refractivity contribution in [3.8, 4) is 0 Å². The van der Waals surface area contributed by atoms with Crippen LogP contribution in [0.4, 0.5) is 4.79 Å². The first-order chi connectivity index (χ1) is 10.5. The van der Waals surface area contributed by atoms with Crippen molar-refractivity contribution in [2.45, 2.75) is 70.0 Å². The maximum atomic E-state index is 12.9. The second-order valence-corrected chi connectivity index (χ2v) is 6.79. The molecule has 0 unspecified atom stereocenters. The maximum Gasteiger partial charge on any atom is 0.326 e. The van der Waals surface area contributed by atoms with E-state index in [1.807, 2.05) is 6.92 Å². The van der Waals surface area contributed by atoms with E-state index in [1.165, 1.54) is 11.3 Å². The molecule has 1 N–H and O–H groups in total. The molecule has 0 spiro atoms. The Morgan fingerprint density at radius 3 is 2.73 bits per heavy atom. The summed E-state index contributed by atoms with van der Waals surface area (Å²) in [6.07, 6.45) is 6.11. The number of carboxylic acid groups (broad SMARTS) is 1. The number of amides is 2. The average Bonchev–Trinajstić information content (AvgIpc) is 2.89. The highest BCUT2D eigenvalue weighted by molar-refractivity contribution is 5.98. The van der Waals surface area contributed by atoms with Gasteiger partial charge in [-0.05, 0) is 31.6 Å². The molecular formula is C16H24N2O4. The molecule has 0 aromatic heterocycles. The summed E-state index contributed by atoms with van der Waals surface area (Å²) in [5, 5.41) is 9.41. The molecule has 6 heteroatoms. The van der Waals surface area contributed by atoms with E-state index in [2.05, 4.69) is 0 Å². The molecule has 0 bridgehead atoms. The summed E-state index contributed by atoms with van der Waals surface area (Å²) in [7, 11) is 0. The van der Waals surface area contributed by atoms with Gasteiger partial charge >= 0.3 is 12.0 Å². The summed E-state index contributed by atoms with van der Waals surface area (Å²) in [6, 6.07) is -1.30. The molecule has 2 amide bonds. The number of carbonyl (C=O) groups is 3. The largest absolute Gasteiger partial charge is 0.480 e. The number of aliphatic carboxylic acids is 1. The quantitative estimate of drug-likeness (QED) is 0.860. The van der Waals surface area contributed by atoms with Crippen LogP contribution in [0, 0.1) is 5.92 Å². The standard InChI is InChI=1S/C16H24N2O4/c1-2-5-12(15(20)21)17-9-14(19)13-8-10-6-3-4-7-11(10)18(13)16(17)22/h10-13H,2-9H2,1H3,(H,20,21)/t10-,11-,12-,13+/m0/s1. The smallest absolute Gasteiger partial charge is 0.326 e. The third-order valence-corrected chi connectivity index (χ3v) is 5.48. The van der Waals surface area contributed by atoms with E-state index >= 15 is 0 Å². The zero-order valence-corrected chi connectivity index (χ0v) is 13.0. The minimum atomic E-state index is -1.01. The van der Waals surface area contributed by atoms with Gasteiger partial charge in [0.05, 0.1) is 12.6 Å². The molecule has 3 aliphatic rings. The SMILES string of the molecule is CCC[C@@H](C(=O)O)N1CC(=O)[C@H]2C[C@@H]3CCCC[C@@H]3N2C1=O. The van der Waals surface area contributed by atoms with E-state index in [1.54, 1.807) is 4.90 Å². The monoisotopic (exact) mass is 308 g/mol. The summed E-state index contributed by atoms with van der Waals surface area (Å²) in [4.78, 5) is 39.9. The highest BCUT2D eigenvalue weighted by atomic mass is 16.4. The van der Waals surface area contributed by atoms with Gasteiger partial charge in [-0.25, -0.2) is 9.59 Å². The predicted octanol–water partition coefficient (Wildman–Crippen LogP) is 1.88. The number of hydrogen-bond acceptors (Lipinski definition) is 3. The zero-order chi connectivity index (χ0) is 15.9. The first-order valence-electron chi connectivity index (χ1n) is 8.39. The van der Waals surface area contributed by atoms with Gasteiger partial charge in [-0.3, -0.25) is 4.79 Å². The van der Waals surface area contributed by atoms with Crippen LogP contribution in [0.15, 0.2) is 0 Å². The molecular weight excluding hydrogens is 284 g/mol. The van der Waals surface area contributed by atoms with Crippen LogP contribution in [-0.2, 0) is 9.59 Å². The Hall–Kier alpha value is -1.59. The van der Waals surface area contributed by atoms with Gasteiger partial charge in [0.15, 0.2) is 5.78 Å². The Kier molecular flexibility index (Phi) is 4.10. The normalized spacial score (nSPS) is 32.7. The molecule has 2 saturated heterocycles. The zero-order valence-electron chi connectivity index (χ0n) is 13.0. The van der Waals surface area contributed by atoms with E-state index in [4.69, 9.17) is 0 Å². The summed E-state index contributed by atoms with van der Waals surface area (Å²) < 4.78 is 0. The second-order valence-electron chi connectivity index (χ2n) is 6.79. The topological polar surface area (TPSA) is 77.9 Å². The summed E-state index contributed by atoms with van der Waals surface area (Å²) in [5.41, 5.74) is 0. The molecule has 1 saturated carbocycles. The van der Waals surface area contributed by atoms with Gasteiger partial charge in [-0.15, -0.1) is 0 Å². The fraction of sp³-hybridized carbons (Fsp3) is 0.812. The number of Topliss-reactive ketones (excluding diaryl/α,β-unsaturated/α-hetero) is 1. The van der Waals surface area contributed by atoms with Crippen molar-refractivity contribution in [3.05, 3.63) is 0 Å². The van der Waals surface area contributed by atoms with Crippen molar-refractivity contribution < 1.29 is 19.5 Å². The van der Waals surface area contributed by atoms with Crippen LogP contribution in [0.25, 0.3) is 0 Å². The van der Waals surface area contributed by atoms with Crippen LogP contribution in [0.5, 0.6) is 0 Å². The van der Waals surface area contributed by atoms with Crippen LogP contribution in [0.3, 0.4) is 0 Å². The maximum absolute atomic E-state index is 12.9. The molecule has 1 aliphatic carbocycles. The Balaban J connectivity index is 1.86. The number of rotatable bonds is 4. The van der Waals surface area contributed by atoms with E-state index in [0.717, 1.165) is 25.7 Å². The Labute approximate surface area is 130 Å². The van der Waals surface area contributed by atoms with Crippen molar-refractivity contribution in [1.82, 2.24) is 9.80 Å². The third kappa shape index (κ3) is 2.38. The fourth-order valence-corrected chi connectivity index (χ4v) is 4.44. The van der Waals surface area contributed by atoms with Crippen LogP contribution in [0.1, 0.15) is 51.9 Å². The lowest BCUT2D eigenvalue weighted by Gasteiger charge is -2.42. The van der Waals surface area contributed by atoms with Crippen molar-refractivity contribution in [3.63, 3.8) is 0 Å². The van der Waals surface area contributed by atoms with Crippen LogP contribution >= 0.6 is 0 Å². The summed E-state index contributed by atoms with van der Waals surface area (Å²) in [6.45, 7) is 1.85. The fourth-order valence-electron chi connectivity index (χ4n) is 4.44. The van der Waals surface area contributed by atoms with Gasteiger partial charge in [0.2, 0.25) is 0 Å².